The summed E-state index contributed by atoms with van der Waals surface area (Å²) in [4.78, 5) is 9.51. The molecule has 0 atom stereocenters. The van der Waals surface area contributed by atoms with Crippen molar-refractivity contribution in [2.24, 2.45) is 4.99 Å². The van der Waals surface area contributed by atoms with E-state index in [1.54, 1.807) is 19.2 Å². The molecule has 2 aromatic carbocycles. The molecule has 4 heteroatoms. The first kappa shape index (κ1) is 17.2. The summed E-state index contributed by atoms with van der Waals surface area (Å²) >= 11 is 6.61. The molecule has 2 heterocycles. The van der Waals surface area contributed by atoms with E-state index < -0.39 is 0 Å². The van der Waals surface area contributed by atoms with Crippen molar-refractivity contribution in [3.05, 3.63) is 75.2 Å². The molecular weight excluding hydrogens is 347 g/mol. The molecule has 0 saturated carbocycles. The smallest absolute Gasteiger partial charge is 0.128 e. The second kappa shape index (κ2) is 5.88. The number of aromatic nitrogens is 1. The summed E-state index contributed by atoms with van der Waals surface area (Å²) in [5, 5.41) is 1.72. The predicted octanol–water partition coefficient (Wildman–Crippen LogP) is 5.82. The van der Waals surface area contributed by atoms with Gasteiger partial charge < -0.3 is 0 Å². The highest BCUT2D eigenvalue weighted by Gasteiger charge is 2.29. The second-order valence-electron chi connectivity index (χ2n) is 7.64. The maximum atomic E-state index is 13.8. The van der Waals surface area contributed by atoms with E-state index in [-0.39, 0.29) is 11.4 Å². The van der Waals surface area contributed by atoms with Crippen molar-refractivity contribution in [3.8, 4) is 0 Å². The molecule has 0 bridgehead atoms. The maximum absolute atomic E-state index is 13.8. The van der Waals surface area contributed by atoms with Crippen LogP contribution >= 0.6 is 11.6 Å². The molecule has 0 unspecified atom stereocenters. The van der Waals surface area contributed by atoms with Crippen LogP contribution in [0.25, 0.3) is 10.9 Å². The molecule has 0 amide bonds. The maximum Gasteiger partial charge on any atom is 0.128 e. The van der Waals surface area contributed by atoms with Crippen LogP contribution in [0.1, 0.15) is 41.7 Å². The summed E-state index contributed by atoms with van der Waals surface area (Å²) in [6.45, 7) is 8.00. The summed E-state index contributed by atoms with van der Waals surface area (Å²) in [6, 6.07) is 9.41. The Bertz CT molecular complexity index is 1080. The summed E-state index contributed by atoms with van der Waals surface area (Å²) in [5.41, 5.74) is 6.10. The van der Waals surface area contributed by atoms with Crippen LogP contribution in [0.4, 0.5) is 4.39 Å². The number of aliphatic imine (C=N–C) groups is 1. The number of benzene rings is 2. The molecule has 2 nitrogen and oxygen atoms in total. The van der Waals surface area contributed by atoms with Crippen LogP contribution in [0.3, 0.4) is 0 Å². The number of nitrogens with zero attached hydrogens (tertiary/aromatic N) is 2. The number of halogens is 2. The minimum atomic E-state index is -0.243. The van der Waals surface area contributed by atoms with Crippen LogP contribution in [0.5, 0.6) is 0 Å². The third-order valence-electron chi connectivity index (χ3n) is 5.03. The van der Waals surface area contributed by atoms with E-state index in [1.807, 2.05) is 19.1 Å². The van der Waals surface area contributed by atoms with Gasteiger partial charge in [0.25, 0.3) is 0 Å². The fraction of sp³-hybridized carbons (Fsp3) is 0.273. The largest absolute Gasteiger partial charge is 0.278 e. The van der Waals surface area contributed by atoms with E-state index in [0.29, 0.717) is 11.1 Å². The van der Waals surface area contributed by atoms with E-state index in [4.69, 9.17) is 16.6 Å². The van der Waals surface area contributed by atoms with Crippen LogP contribution in [0.15, 0.2) is 41.5 Å². The molecular formula is C22H20ClFN2. The fourth-order valence-corrected chi connectivity index (χ4v) is 3.87. The normalized spacial score (nSPS) is 15.7. The minimum absolute atomic E-state index is 0.235. The third kappa shape index (κ3) is 2.71. The third-order valence-corrected chi connectivity index (χ3v) is 5.55. The van der Waals surface area contributed by atoms with Crippen LogP contribution in [0, 0.1) is 19.7 Å². The molecule has 1 aliphatic rings. The van der Waals surface area contributed by atoms with Crippen molar-refractivity contribution in [2.45, 2.75) is 39.7 Å². The first-order valence-corrected chi connectivity index (χ1v) is 9.08. The summed E-state index contributed by atoms with van der Waals surface area (Å²) in [5.74, 6) is -0.235. The van der Waals surface area contributed by atoms with Crippen LogP contribution in [-0.2, 0) is 6.42 Å². The second-order valence-corrected chi connectivity index (χ2v) is 8.02. The Kier molecular flexibility index (Phi) is 3.89. The Morgan fingerprint density at radius 1 is 1.12 bits per heavy atom. The Hall–Kier alpha value is -2.26. The molecule has 0 radical (unpaired) electrons. The molecule has 1 aromatic heterocycles. The van der Waals surface area contributed by atoms with Gasteiger partial charge in [0.2, 0.25) is 0 Å². The van der Waals surface area contributed by atoms with Gasteiger partial charge in [0, 0.05) is 33.3 Å². The quantitative estimate of drug-likeness (QED) is 0.533. The van der Waals surface area contributed by atoms with Gasteiger partial charge in [0.15, 0.2) is 0 Å². The fourth-order valence-electron chi connectivity index (χ4n) is 3.64. The zero-order valence-corrected chi connectivity index (χ0v) is 16.1. The first-order chi connectivity index (χ1) is 12.3. The lowest BCUT2D eigenvalue weighted by Gasteiger charge is -2.30. The van der Waals surface area contributed by atoms with Crippen molar-refractivity contribution < 1.29 is 4.39 Å². The number of aryl methyl sites for hydroxylation is 2. The SMILES string of the molecule is Cc1ccc2c(c1Cl)CC(C)(C)N=C2c1cnc2c(C)c(F)ccc2c1. The number of rotatable bonds is 1. The lowest BCUT2D eigenvalue weighted by Crippen LogP contribution is -2.30. The number of hydrogen-bond donors (Lipinski definition) is 0. The van der Waals surface area contributed by atoms with Crippen molar-refractivity contribution in [1.29, 1.82) is 0 Å². The number of pyridine rings is 1. The van der Waals surface area contributed by atoms with Crippen molar-refractivity contribution in [3.63, 3.8) is 0 Å². The van der Waals surface area contributed by atoms with Crippen LogP contribution in [0.2, 0.25) is 5.02 Å². The molecule has 1 aliphatic heterocycles. The lowest BCUT2D eigenvalue weighted by molar-refractivity contribution is 0.513. The average Bonchev–Trinajstić information content (AvgIpc) is 2.60. The van der Waals surface area contributed by atoms with Crippen molar-refractivity contribution in [1.82, 2.24) is 4.98 Å². The zero-order valence-electron chi connectivity index (χ0n) is 15.3. The number of hydrogen-bond acceptors (Lipinski definition) is 2. The molecule has 0 aliphatic carbocycles. The van der Waals surface area contributed by atoms with Gasteiger partial charge in [-0.25, -0.2) is 4.39 Å². The van der Waals surface area contributed by atoms with Gasteiger partial charge in [-0.1, -0.05) is 23.7 Å². The molecule has 0 fully saturated rings. The van der Waals surface area contributed by atoms with Gasteiger partial charge in [0.05, 0.1) is 16.8 Å². The first-order valence-electron chi connectivity index (χ1n) is 8.70. The molecule has 4 rings (SSSR count). The van der Waals surface area contributed by atoms with Gasteiger partial charge in [-0.15, -0.1) is 0 Å². The summed E-state index contributed by atoms with van der Waals surface area (Å²) in [7, 11) is 0. The molecule has 26 heavy (non-hydrogen) atoms. The van der Waals surface area contributed by atoms with Gasteiger partial charge in [-0.05, 0) is 63.4 Å². The Morgan fingerprint density at radius 2 is 1.88 bits per heavy atom. The Balaban J connectivity index is 1.95. The van der Waals surface area contributed by atoms with E-state index >= 15 is 0 Å². The van der Waals surface area contributed by atoms with E-state index in [1.165, 1.54) is 6.07 Å². The van der Waals surface area contributed by atoms with E-state index in [0.717, 1.165) is 44.8 Å². The minimum Gasteiger partial charge on any atom is -0.278 e. The van der Waals surface area contributed by atoms with Crippen molar-refractivity contribution >= 4 is 28.2 Å². The van der Waals surface area contributed by atoms with Crippen LogP contribution < -0.4 is 0 Å². The van der Waals surface area contributed by atoms with E-state index in [2.05, 4.69) is 24.9 Å². The van der Waals surface area contributed by atoms with Gasteiger partial charge in [-0.3, -0.25) is 9.98 Å². The Labute approximate surface area is 157 Å². The highest BCUT2D eigenvalue weighted by Crippen LogP contribution is 2.35. The standard InChI is InChI=1S/C22H20ClFN2/c1-12-5-7-16-17(19(12)23)10-22(3,4)26-21(16)15-9-14-6-8-18(24)13(2)20(14)25-11-15/h5-9,11H,10H2,1-4H3. The van der Waals surface area contributed by atoms with Gasteiger partial charge in [-0.2, -0.15) is 0 Å². The summed E-state index contributed by atoms with van der Waals surface area (Å²) < 4.78 is 13.8. The zero-order chi connectivity index (χ0) is 18.6. The van der Waals surface area contributed by atoms with Crippen molar-refractivity contribution in [2.75, 3.05) is 0 Å². The molecule has 0 saturated heterocycles. The highest BCUT2D eigenvalue weighted by molar-refractivity contribution is 6.33. The predicted molar refractivity (Wildman–Crippen MR) is 106 cm³/mol. The van der Waals surface area contributed by atoms with Gasteiger partial charge in [0.1, 0.15) is 5.82 Å². The highest BCUT2D eigenvalue weighted by atomic mass is 35.5. The topological polar surface area (TPSA) is 25.2 Å². The summed E-state index contributed by atoms with van der Waals surface area (Å²) in [6.07, 6.45) is 2.59. The van der Waals surface area contributed by atoms with Crippen LogP contribution in [-0.4, -0.2) is 16.2 Å². The lowest BCUT2D eigenvalue weighted by atomic mass is 9.84. The molecule has 0 N–H and O–H groups in total. The molecule has 132 valence electrons. The molecule has 0 spiro atoms. The number of fused-ring (bicyclic) bond motifs is 2. The van der Waals surface area contributed by atoms with E-state index in [9.17, 15) is 4.39 Å². The van der Waals surface area contributed by atoms with Gasteiger partial charge >= 0.3 is 0 Å². The Morgan fingerprint density at radius 3 is 2.65 bits per heavy atom. The monoisotopic (exact) mass is 366 g/mol. The molecule has 3 aromatic rings. The average molecular weight is 367 g/mol.